The summed E-state index contributed by atoms with van der Waals surface area (Å²) in [6.07, 6.45) is 4.44. The Hall–Kier alpha value is -3.30. The van der Waals surface area contributed by atoms with Crippen molar-refractivity contribution in [1.29, 1.82) is 0 Å². The van der Waals surface area contributed by atoms with Crippen LogP contribution in [-0.4, -0.2) is 38.8 Å². The summed E-state index contributed by atoms with van der Waals surface area (Å²) < 4.78 is 41.6. The van der Waals surface area contributed by atoms with Crippen molar-refractivity contribution in [3.63, 3.8) is 0 Å². The van der Waals surface area contributed by atoms with E-state index in [0.717, 1.165) is 77.3 Å². The van der Waals surface area contributed by atoms with E-state index in [1.54, 1.807) is 4.90 Å². The molecule has 0 spiro atoms. The first-order valence-corrected chi connectivity index (χ1v) is 13.8. The number of rotatable bonds is 6. The van der Waals surface area contributed by atoms with E-state index in [9.17, 15) is 13.9 Å². The van der Waals surface area contributed by atoms with Gasteiger partial charge in [0.05, 0.1) is 28.9 Å². The Morgan fingerprint density at radius 3 is 2.49 bits per heavy atom. The van der Waals surface area contributed by atoms with Gasteiger partial charge in [0.25, 0.3) is 0 Å². The second-order valence-corrected chi connectivity index (χ2v) is 10.7. The SMILES string of the molecule is CCOC1CCC(n2c([C@@H]3CCC(O)N3c3ccc(F)c(F)c3)nc3cc(-c4c(C)noc4C)ccc32)CC1. The molecule has 1 unspecified atom stereocenters. The van der Waals surface area contributed by atoms with E-state index < -0.39 is 17.9 Å². The van der Waals surface area contributed by atoms with Gasteiger partial charge < -0.3 is 23.8 Å². The highest BCUT2D eigenvalue weighted by molar-refractivity contribution is 5.84. The van der Waals surface area contributed by atoms with Gasteiger partial charge in [-0.05, 0) is 89.1 Å². The van der Waals surface area contributed by atoms with Gasteiger partial charge in [-0.1, -0.05) is 11.2 Å². The molecule has 0 bridgehead atoms. The van der Waals surface area contributed by atoms with Gasteiger partial charge in [0.2, 0.25) is 0 Å². The number of aromatic nitrogens is 3. The number of benzene rings is 2. The van der Waals surface area contributed by atoms with Crippen LogP contribution in [0.15, 0.2) is 40.9 Å². The molecule has 1 saturated heterocycles. The number of anilines is 1. The number of aryl methyl sites for hydroxylation is 2. The van der Waals surface area contributed by atoms with Crippen molar-refractivity contribution in [2.24, 2.45) is 0 Å². The molecule has 0 radical (unpaired) electrons. The lowest BCUT2D eigenvalue weighted by atomic mass is 9.92. The van der Waals surface area contributed by atoms with Crippen LogP contribution >= 0.6 is 0 Å². The van der Waals surface area contributed by atoms with Gasteiger partial charge in [0.1, 0.15) is 17.8 Å². The Morgan fingerprint density at radius 2 is 1.79 bits per heavy atom. The fraction of sp³-hybridized carbons (Fsp3) is 0.467. The second-order valence-electron chi connectivity index (χ2n) is 10.7. The van der Waals surface area contributed by atoms with E-state index in [1.807, 2.05) is 20.8 Å². The molecule has 206 valence electrons. The van der Waals surface area contributed by atoms with Crippen molar-refractivity contribution in [3.05, 3.63) is 65.3 Å². The normalized spacial score (nSPS) is 23.7. The number of fused-ring (bicyclic) bond motifs is 1. The minimum Gasteiger partial charge on any atom is -0.379 e. The smallest absolute Gasteiger partial charge is 0.160 e. The van der Waals surface area contributed by atoms with Crippen molar-refractivity contribution >= 4 is 16.7 Å². The molecule has 2 aromatic heterocycles. The number of halogens is 2. The van der Waals surface area contributed by atoms with Gasteiger partial charge >= 0.3 is 0 Å². The van der Waals surface area contributed by atoms with Crippen molar-refractivity contribution in [1.82, 2.24) is 14.7 Å². The molecule has 1 N–H and O–H groups in total. The van der Waals surface area contributed by atoms with Crippen molar-refractivity contribution < 1.29 is 23.1 Å². The number of nitrogens with zero attached hydrogens (tertiary/aromatic N) is 4. The minimum atomic E-state index is -0.933. The monoisotopic (exact) mass is 536 g/mol. The lowest BCUT2D eigenvalue weighted by molar-refractivity contribution is 0.0271. The second kappa shape index (κ2) is 10.4. The lowest BCUT2D eigenvalue weighted by Crippen LogP contribution is -2.33. The number of imidazole rings is 1. The average molecular weight is 537 g/mol. The molecule has 2 atom stereocenters. The molecule has 2 fully saturated rings. The van der Waals surface area contributed by atoms with Crippen LogP contribution in [0.2, 0.25) is 0 Å². The highest BCUT2D eigenvalue weighted by atomic mass is 19.2. The van der Waals surface area contributed by atoms with Crippen LogP contribution in [0.5, 0.6) is 0 Å². The summed E-state index contributed by atoms with van der Waals surface area (Å²) in [4.78, 5) is 6.94. The molecular formula is C30H34F2N4O3. The van der Waals surface area contributed by atoms with Crippen LogP contribution in [0.25, 0.3) is 22.2 Å². The van der Waals surface area contributed by atoms with Crippen LogP contribution < -0.4 is 4.90 Å². The van der Waals surface area contributed by atoms with Gasteiger partial charge in [-0.25, -0.2) is 13.8 Å². The topological polar surface area (TPSA) is 76.6 Å². The predicted molar refractivity (Wildman–Crippen MR) is 144 cm³/mol. The molecule has 0 amide bonds. The predicted octanol–water partition coefficient (Wildman–Crippen LogP) is 6.77. The summed E-state index contributed by atoms with van der Waals surface area (Å²) in [6, 6.07) is 9.99. The Morgan fingerprint density at radius 1 is 1.00 bits per heavy atom. The van der Waals surface area contributed by atoms with E-state index in [-0.39, 0.29) is 18.2 Å². The number of hydrogen-bond acceptors (Lipinski definition) is 6. The molecule has 6 rings (SSSR count). The van der Waals surface area contributed by atoms with E-state index >= 15 is 0 Å². The summed E-state index contributed by atoms with van der Waals surface area (Å²) in [5.74, 6) is -0.252. The van der Waals surface area contributed by atoms with Gasteiger partial charge in [-0.2, -0.15) is 0 Å². The van der Waals surface area contributed by atoms with Crippen molar-refractivity contribution in [2.45, 2.75) is 83.7 Å². The quantitative estimate of drug-likeness (QED) is 0.293. The van der Waals surface area contributed by atoms with Crippen LogP contribution in [0, 0.1) is 25.5 Å². The molecule has 2 aliphatic rings. The van der Waals surface area contributed by atoms with Gasteiger partial charge in [0, 0.05) is 30.0 Å². The maximum atomic E-state index is 14.2. The summed E-state index contributed by atoms with van der Waals surface area (Å²) in [7, 11) is 0. The summed E-state index contributed by atoms with van der Waals surface area (Å²) in [6.45, 7) is 6.57. The van der Waals surface area contributed by atoms with Gasteiger partial charge in [-0.15, -0.1) is 0 Å². The minimum absolute atomic E-state index is 0.219. The van der Waals surface area contributed by atoms with Crippen molar-refractivity contribution in [3.8, 4) is 11.1 Å². The highest BCUT2D eigenvalue weighted by Gasteiger charge is 2.38. The average Bonchev–Trinajstić information content (AvgIpc) is 3.60. The molecule has 9 heteroatoms. The van der Waals surface area contributed by atoms with Crippen LogP contribution in [-0.2, 0) is 4.74 Å². The molecule has 3 heterocycles. The van der Waals surface area contributed by atoms with E-state index in [0.29, 0.717) is 25.1 Å². The third-order valence-electron chi connectivity index (χ3n) is 8.30. The molecule has 4 aromatic rings. The lowest BCUT2D eigenvalue weighted by Gasteiger charge is -2.34. The van der Waals surface area contributed by atoms with Crippen LogP contribution in [0.3, 0.4) is 0 Å². The molecule has 1 aliphatic carbocycles. The standard InChI is InChI=1S/C30H34F2N4O3/c1-4-38-22-9-6-20(7-10-22)36-26-12-5-19(29-17(2)34-39-18(29)3)15-25(26)33-30(36)27-13-14-28(37)35(27)21-8-11-23(31)24(32)16-21/h5,8,11-12,15-16,20,22,27-28,37H,4,6-7,9-10,13-14H2,1-3H3/t20?,22?,27-,28?/m0/s1. The zero-order valence-corrected chi connectivity index (χ0v) is 22.5. The molecular weight excluding hydrogens is 502 g/mol. The first-order chi connectivity index (χ1) is 18.9. The van der Waals surface area contributed by atoms with E-state index in [2.05, 4.69) is 27.9 Å². The Kier molecular flexibility index (Phi) is 6.89. The third kappa shape index (κ3) is 4.61. The highest BCUT2D eigenvalue weighted by Crippen LogP contribution is 2.43. The van der Waals surface area contributed by atoms with Crippen molar-refractivity contribution in [2.75, 3.05) is 11.5 Å². The largest absolute Gasteiger partial charge is 0.379 e. The molecule has 1 aliphatic heterocycles. The zero-order chi connectivity index (χ0) is 27.3. The summed E-state index contributed by atoms with van der Waals surface area (Å²) >= 11 is 0. The summed E-state index contributed by atoms with van der Waals surface area (Å²) in [5, 5.41) is 15.1. The third-order valence-corrected chi connectivity index (χ3v) is 8.30. The van der Waals surface area contributed by atoms with Gasteiger partial charge in [0.15, 0.2) is 11.6 Å². The van der Waals surface area contributed by atoms with Gasteiger partial charge in [-0.3, -0.25) is 0 Å². The number of hydrogen-bond donors (Lipinski definition) is 1. The van der Waals surface area contributed by atoms with E-state index in [4.69, 9.17) is 14.2 Å². The van der Waals surface area contributed by atoms with E-state index in [1.165, 1.54) is 6.07 Å². The van der Waals surface area contributed by atoms with Crippen LogP contribution in [0.4, 0.5) is 14.5 Å². The number of aliphatic hydroxyl groups excluding tert-OH is 1. The zero-order valence-electron chi connectivity index (χ0n) is 22.5. The maximum absolute atomic E-state index is 14.2. The maximum Gasteiger partial charge on any atom is 0.160 e. The first-order valence-electron chi connectivity index (χ1n) is 13.8. The Bertz CT molecular complexity index is 1470. The molecule has 39 heavy (non-hydrogen) atoms. The van der Waals surface area contributed by atoms with Crippen LogP contribution in [0.1, 0.15) is 74.8 Å². The first kappa shape index (κ1) is 26.0. The summed E-state index contributed by atoms with van der Waals surface area (Å²) in [5.41, 5.74) is 5.08. The number of aliphatic hydroxyl groups is 1. The molecule has 2 aromatic carbocycles. The number of ether oxygens (including phenoxy) is 1. The fourth-order valence-corrected chi connectivity index (χ4v) is 6.54. The molecule has 1 saturated carbocycles. The Labute approximate surface area is 226 Å². The fourth-order valence-electron chi connectivity index (χ4n) is 6.54. The molecule has 7 nitrogen and oxygen atoms in total. The Balaban J connectivity index is 1.46.